The molecule has 0 atom stereocenters. The molecule has 3 rings (SSSR count). The van der Waals surface area contributed by atoms with Crippen molar-refractivity contribution in [1.82, 2.24) is 0 Å². The van der Waals surface area contributed by atoms with Crippen molar-refractivity contribution in [1.29, 1.82) is 0 Å². The average molecular weight is 487 g/mol. The Kier molecular flexibility index (Phi) is 6.23. The van der Waals surface area contributed by atoms with Crippen LogP contribution in [-0.4, -0.2) is 20.0 Å². The summed E-state index contributed by atoms with van der Waals surface area (Å²) in [5.74, 6) is -1.84. The molecule has 2 aromatic rings. The average Bonchev–Trinajstić information content (AvgIpc) is 2.70. The molecule has 0 radical (unpaired) electrons. The van der Waals surface area contributed by atoms with Crippen LogP contribution in [0, 0.1) is 6.92 Å². The van der Waals surface area contributed by atoms with Crippen LogP contribution < -0.4 is 15.5 Å². The lowest BCUT2D eigenvalue weighted by Crippen LogP contribution is -2.20. The smallest absolute Gasteiger partial charge is 0.283 e. The maximum atomic E-state index is 12.8. The monoisotopic (exact) mass is 486 g/mol. The molecule has 2 aromatic carbocycles. The van der Waals surface area contributed by atoms with E-state index in [1.54, 1.807) is 31.2 Å². The molecular weight excluding hydrogens is 472 g/mol. The number of aryl methyl sites for hydroxylation is 1. The van der Waals surface area contributed by atoms with E-state index in [9.17, 15) is 23.4 Å². The number of nitrogens with zero attached hydrogens (tertiary/aromatic N) is 1. The van der Waals surface area contributed by atoms with Crippen LogP contribution in [0.3, 0.4) is 0 Å². The molecule has 0 aromatic heterocycles. The van der Waals surface area contributed by atoms with Gasteiger partial charge in [-0.25, -0.2) is 0 Å². The van der Waals surface area contributed by atoms with Gasteiger partial charge in [0.2, 0.25) is 0 Å². The maximum absolute atomic E-state index is 12.8. The standard InChI is InChI=1S/C21H17BrN2O5S/c1-13-2-3-15(20(25)23-17-10-6-16(22)7-11-17)12-19(13)30(28,29)24-18-8-4-14(5-9-18)21(26)27/h2-12,26-27H,1H3,(H,23,25)/p-2. The summed E-state index contributed by atoms with van der Waals surface area (Å²) in [7, 11) is -4.14. The predicted molar refractivity (Wildman–Crippen MR) is 113 cm³/mol. The topological polar surface area (TPSA) is 122 Å². The first-order valence-corrected chi connectivity index (χ1v) is 10.9. The number of nitrogens with one attached hydrogen (secondary N) is 1. The summed E-state index contributed by atoms with van der Waals surface area (Å²) in [5, 5.41) is 24.3. The Morgan fingerprint density at radius 1 is 1.00 bits per heavy atom. The zero-order valence-electron chi connectivity index (χ0n) is 15.6. The fourth-order valence-corrected chi connectivity index (χ4v) is 4.11. The molecule has 154 valence electrons. The second kappa shape index (κ2) is 8.68. The van der Waals surface area contributed by atoms with Crippen molar-refractivity contribution < 1.29 is 23.4 Å². The van der Waals surface area contributed by atoms with Crippen LogP contribution in [0.15, 0.2) is 92.1 Å². The van der Waals surface area contributed by atoms with E-state index in [0.29, 0.717) is 11.3 Å². The number of carbonyl (C=O) groups is 1. The molecule has 0 bridgehead atoms. The Bertz CT molecular complexity index is 1200. The third kappa shape index (κ3) is 5.05. The third-order valence-electron chi connectivity index (χ3n) is 4.16. The van der Waals surface area contributed by atoms with Gasteiger partial charge in [0.05, 0.1) is 10.6 Å². The van der Waals surface area contributed by atoms with Crippen molar-refractivity contribution in [3.8, 4) is 0 Å². The van der Waals surface area contributed by atoms with E-state index in [2.05, 4.69) is 25.6 Å². The Morgan fingerprint density at radius 2 is 1.63 bits per heavy atom. The van der Waals surface area contributed by atoms with E-state index in [4.69, 9.17) is 0 Å². The first-order chi connectivity index (χ1) is 14.2. The lowest BCUT2D eigenvalue weighted by atomic mass is 10.1. The molecule has 0 saturated carbocycles. The number of hydrogen-bond acceptors (Lipinski definition) is 5. The van der Waals surface area contributed by atoms with Crippen molar-refractivity contribution in [2.75, 3.05) is 5.32 Å². The predicted octanol–water partition coefficient (Wildman–Crippen LogP) is 2.20. The van der Waals surface area contributed by atoms with Crippen LogP contribution in [0.2, 0.25) is 0 Å². The minimum Gasteiger partial charge on any atom is -0.884 e. The molecule has 0 spiro atoms. The molecular formula is C21H15BrN2O5S-2. The van der Waals surface area contributed by atoms with Crippen LogP contribution >= 0.6 is 15.9 Å². The van der Waals surface area contributed by atoms with Crippen molar-refractivity contribution in [3.05, 3.63) is 93.9 Å². The van der Waals surface area contributed by atoms with Gasteiger partial charge in [0, 0.05) is 15.7 Å². The lowest BCUT2D eigenvalue weighted by molar-refractivity contribution is -0.514. The van der Waals surface area contributed by atoms with Crippen LogP contribution in [0.25, 0.3) is 0 Å². The third-order valence-corrected chi connectivity index (χ3v) is 6.13. The van der Waals surface area contributed by atoms with E-state index >= 15 is 0 Å². The fraction of sp³-hybridized carbons (Fsp3) is 0.0476. The molecule has 1 N–H and O–H groups in total. The second-order valence-corrected chi connectivity index (χ2v) is 8.83. The number of amides is 1. The number of benzene rings is 2. The number of anilines is 1. The molecule has 0 fully saturated rings. The molecule has 9 heteroatoms. The van der Waals surface area contributed by atoms with Gasteiger partial charge in [-0.05, 0) is 66.6 Å². The number of carbonyl (C=O) groups excluding carboxylic acids is 1. The highest BCUT2D eigenvalue weighted by Crippen LogP contribution is 2.22. The summed E-state index contributed by atoms with van der Waals surface area (Å²) in [6.07, 6.45) is 4.95. The Hall–Kier alpha value is -3.17. The second-order valence-electron chi connectivity index (χ2n) is 6.34. The molecule has 1 aliphatic carbocycles. The van der Waals surface area contributed by atoms with E-state index in [0.717, 1.165) is 4.47 Å². The summed E-state index contributed by atoms with van der Waals surface area (Å²) in [4.78, 5) is 12.4. The summed E-state index contributed by atoms with van der Waals surface area (Å²) in [6, 6.07) is 11.3. The molecule has 7 nitrogen and oxygen atoms in total. The Labute approximate surface area is 182 Å². The van der Waals surface area contributed by atoms with E-state index in [1.807, 2.05) is 0 Å². The minimum atomic E-state index is -4.14. The van der Waals surface area contributed by atoms with Gasteiger partial charge in [-0.3, -0.25) is 4.79 Å². The Balaban J connectivity index is 1.89. The largest absolute Gasteiger partial charge is 0.884 e. The maximum Gasteiger partial charge on any atom is 0.283 e. The number of sulfonamides is 1. The highest BCUT2D eigenvalue weighted by Gasteiger charge is 2.19. The van der Waals surface area contributed by atoms with Crippen LogP contribution in [-0.2, 0) is 10.0 Å². The molecule has 0 saturated heterocycles. The number of rotatable bonds is 4. The van der Waals surface area contributed by atoms with Crippen molar-refractivity contribution >= 4 is 43.3 Å². The zero-order chi connectivity index (χ0) is 21.9. The van der Waals surface area contributed by atoms with Crippen molar-refractivity contribution in [2.24, 2.45) is 4.40 Å². The van der Waals surface area contributed by atoms with Crippen LogP contribution in [0.5, 0.6) is 0 Å². The quantitative estimate of drug-likeness (QED) is 0.663. The first kappa shape index (κ1) is 21.5. The SMILES string of the molecule is Cc1ccc(C(=O)Nc2ccc(Br)cc2)cc1S(=O)(=O)N=C1C=CC(=C([O-])[O-])C=C1. The Morgan fingerprint density at radius 3 is 2.23 bits per heavy atom. The molecule has 0 aliphatic heterocycles. The van der Waals surface area contributed by atoms with Crippen LogP contribution in [0.4, 0.5) is 5.69 Å². The van der Waals surface area contributed by atoms with Crippen molar-refractivity contribution in [2.45, 2.75) is 11.8 Å². The van der Waals surface area contributed by atoms with E-state index in [-0.39, 0.29) is 21.7 Å². The molecule has 1 aliphatic rings. The molecule has 30 heavy (non-hydrogen) atoms. The van der Waals surface area contributed by atoms with Gasteiger partial charge in [0.25, 0.3) is 15.9 Å². The summed E-state index contributed by atoms with van der Waals surface area (Å²) >= 11 is 3.31. The zero-order valence-corrected chi connectivity index (χ0v) is 18.0. The molecule has 0 unspecified atom stereocenters. The van der Waals surface area contributed by atoms with Gasteiger partial charge < -0.3 is 15.5 Å². The lowest BCUT2D eigenvalue weighted by Gasteiger charge is -2.21. The number of allylic oxidation sites excluding steroid dienone is 5. The van der Waals surface area contributed by atoms with Gasteiger partial charge in [-0.15, -0.1) is 0 Å². The highest BCUT2D eigenvalue weighted by molar-refractivity contribution is 9.10. The summed E-state index contributed by atoms with van der Waals surface area (Å²) in [5.41, 5.74) is 1.11. The molecule has 0 heterocycles. The summed E-state index contributed by atoms with van der Waals surface area (Å²) < 4.78 is 30.2. The van der Waals surface area contributed by atoms with E-state index < -0.39 is 21.9 Å². The van der Waals surface area contributed by atoms with Gasteiger partial charge >= 0.3 is 0 Å². The van der Waals surface area contributed by atoms with Crippen molar-refractivity contribution in [3.63, 3.8) is 0 Å². The van der Waals surface area contributed by atoms with E-state index in [1.165, 1.54) is 42.5 Å². The number of halogens is 1. The first-order valence-electron chi connectivity index (χ1n) is 8.63. The fourth-order valence-electron chi connectivity index (χ4n) is 2.60. The summed E-state index contributed by atoms with van der Waals surface area (Å²) in [6.45, 7) is 1.60. The van der Waals surface area contributed by atoms with Gasteiger partial charge in [-0.1, -0.05) is 34.1 Å². The van der Waals surface area contributed by atoms with Gasteiger partial charge in [-0.2, -0.15) is 18.8 Å². The minimum absolute atomic E-state index is 0.0594. The number of hydrogen-bond donors (Lipinski definition) is 1. The molecule has 1 amide bonds. The van der Waals surface area contributed by atoms with Gasteiger partial charge in [0.1, 0.15) is 0 Å². The van der Waals surface area contributed by atoms with Crippen LogP contribution in [0.1, 0.15) is 15.9 Å². The highest BCUT2D eigenvalue weighted by atomic mass is 79.9. The van der Waals surface area contributed by atoms with Gasteiger partial charge in [0.15, 0.2) is 0 Å². The normalized spacial score (nSPS) is 13.3.